The van der Waals surface area contributed by atoms with Gasteiger partial charge in [-0.3, -0.25) is 0 Å². The molecule has 1 aromatic heterocycles. The van der Waals surface area contributed by atoms with Gasteiger partial charge in [0, 0.05) is 10.9 Å². The first-order chi connectivity index (χ1) is 8.20. The van der Waals surface area contributed by atoms with E-state index in [1.807, 2.05) is 11.3 Å². The first-order valence-electron chi connectivity index (χ1n) is 6.70. The molecule has 1 aromatic rings. The maximum absolute atomic E-state index is 3.72. The van der Waals surface area contributed by atoms with Gasteiger partial charge in [-0.05, 0) is 59.8 Å². The number of nitrogens with one attached hydrogen (secondary N) is 1. The zero-order chi connectivity index (χ0) is 12.3. The number of thiophene rings is 1. The van der Waals surface area contributed by atoms with Crippen molar-refractivity contribution in [3.63, 3.8) is 0 Å². The van der Waals surface area contributed by atoms with E-state index in [9.17, 15) is 0 Å². The Morgan fingerprint density at radius 2 is 2.29 bits per heavy atom. The summed E-state index contributed by atoms with van der Waals surface area (Å²) in [6.45, 7) is 5.61. The summed E-state index contributed by atoms with van der Waals surface area (Å²) in [6.07, 6.45) is 6.86. The van der Waals surface area contributed by atoms with E-state index in [0.29, 0.717) is 6.04 Å². The van der Waals surface area contributed by atoms with Gasteiger partial charge in [-0.2, -0.15) is 0 Å². The lowest BCUT2D eigenvalue weighted by molar-refractivity contribution is 0.261. The summed E-state index contributed by atoms with van der Waals surface area (Å²) in [5.41, 5.74) is 1.52. The molecule has 0 spiro atoms. The third-order valence-corrected chi connectivity index (χ3v) is 5.31. The smallest absolute Gasteiger partial charge is 0.0704 e. The van der Waals surface area contributed by atoms with E-state index in [1.165, 1.54) is 46.3 Å². The Hall–Kier alpha value is 0.140. The SMILES string of the molecule is CCCNC(CC1CCC1)c1cc(Br)sc1C. The van der Waals surface area contributed by atoms with E-state index in [-0.39, 0.29) is 0 Å². The van der Waals surface area contributed by atoms with Crippen LogP contribution in [0.5, 0.6) is 0 Å². The summed E-state index contributed by atoms with van der Waals surface area (Å²) in [5.74, 6) is 0.961. The Labute approximate surface area is 117 Å². The van der Waals surface area contributed by atoms with Gasteiger partial charge in [0.25, 0.3) is 0 Å². The quantitative estimate of drug-likeness (QED) is 0.774. The molecule has 1 aliphatic carbocycles. The van der Waals surface area contributed by atoms with Gasteiger partial charge in [0.1, 0.15) is 0 Å². The van der Waals surface area contributed by atoms with Gasteiger partial charge in [0.05, 0.1) is 3.79 Å². The van der Waals surface area contributed by atoms with Crippen molar-refractivity contribution >= 4 is 27.3 Å². The maximum atomic E-state index is 3.72. The minimum Gasteiger partial charge on any atom is -0.310 e. The van der Waals surface area contributed by atoms with Crippen molar-refractivity contribution in [1.82, 2.24) is 5.32 Å². The molecule has 3 heteroatoms. The van der Waals surface area contributed by atoms with Crippen molar-refractivity contribution in [1.29, 1.82) is 0 Å². The van der Waals surface area contributed by atoms with Gasteiger partial charge in [-0.25, -0.2) is 0 Å². The maximum Gasteiger partial charge on any atom is 0.0704 e. The van der Waals surface area contributed by atoms with Gasteiger partial charge in [-0.1, -0.05) is 26.2 Å². The molecule has 1 heterocycles. The largest absolute Gasteiger partial charge is 0.310 e. The van der Waals surface area contributed by atoms with Crippen molar-refractivity contribution in [2.24, 2.45) is 5.92 Å². The fourth-order valence-corrected chi connectivity index (χ4v) is 4.28. The van der Waals surface area contributed by atoms with Crippen LogP contribution in [0.1, 0.15) is 55.5 Å². The predicted molar refractivity (Wildman–Crippen MR) is 79.7 cm³/mol. The Morgan fingerprint density at radius 3 is 2.76 bits per heavy atom. The highest BCUT2D eigenvalue weighted by Gasteiger charge is 2.24. The molecular formula is C14H22BrNS. The van der Waals surface area contributed by atoms with Crippen LogP contribution in [-0.4, -0.2) is 6.54 Å². The average molecular weight is 316 g/mol. The van der Waals surface area contributed by atoms with Crippen LogP contribution >= 0.6 is 27.3 Å². The molecule has 0 aliphatic heterocycles. The Kier molecular flexibility index (Phi) is 5.07. The molecule has 0 bridgehead atoms. The van der Waals surface area contributed by atoms with E-state index in [0.717, 1.165) is 12.5 Å². The van der Waals surface area contributed by atoms with Crippen molar-refractivity contribution < 1.29 is 0 Å². The summed E-state index contributed by atoms with van der Waals surface area (Å²) in [4.78, 5) is 1.46. The monoisotopic (exact) mass is 315 g/mol. The first-order valence-corrected chi connectivity index (χ1v) is 8.31. The normalized spacial score (nSPS) is 18.1. The van der Waals surface area contributed by atoms with Gasteiger partial charge in [0.2, 0.25) is 0 Å². The second-order valence-electron chi connectivity index (χ2n) is 5.10. The van der Waals surface area contributed by atoms with Gasteiger partial charge < -0.3 is 5.32 Å². The van der Waals surface area contributed by atoms with Crippen LogP contribution in [0.25, 0.3) is 0 Å². The van der Waals surface area contributed by atoms with Crippen LogP contribution in [-0.2, 0) is 0 Å². The van der Waals surface area contributed by atoms with Crippen LogP contribution in [0.4, 0.5) is 0 Å². The summed E-state index contributed by atoms with van der Waals surface area (Å²) in [5, 5.41) is 3.72. The molecule has 1 aliphatic rings. The summed E-state index contributed by atoms with van der Waals surface area (Å²) in [7, 11) is 0. The molecule has 17 heavy (non-hydrogen) atoms. The van der Waals surface area contributed by atoms with Gasteiger partial charge >= 0.3 is 0 Å². The molecule has 0 aromatic carbocycles. The molecule has 1 atom stereocenters. The minimum absolute atomic E-state index is 0.572. The van der Waals surface area contributed by atoms with Gasteiger partial charge in [0.15, 0.2) is 0 Å². The Bertz CT molecular complexity index is 357. The lowest BCUT2D eigenvalue weighted by atomic mass is 9.79. The minimum atomic E-state index is 0.572. The van der Waals surface area contributed by atoms with E-state index in [2.05, 4.69) is 41.2 Å². The second kappa shape index (κ2) is 6.35. The van der Waals surface area contributed by atoms with Crippen LogP contribution in [0.3, 0.4) is 0 Å². The molecule has 1 N–H and O–H groups in total. The predicted octanol–water partition coefficient (Wildman–Crippen LogP) is 5.05. The topological polar surface area (TPSA) is 12.0 Å². The Morgan fingerprint density at radius 1 is 1.53 bits per heavy atom. The van der Waals surface area contributed by atoms with Crippen LogP contribution in [0.15, 0.2) is 9.85 Å². The third kappa shape index (κ3) is 3.55. The second-order valence-corrected chi connectivity index (χ2v) is 7.74. The van der Waals surface area contributed by atoms with E-state index in [1.54, 1.807) is 0 Å². The average Bonchev–Trinajstić information content (AvgIpc) is 2.56. The number of hydrogen-bond acceptors (Lipinski definition) is 2. The molecule has 96 valence electrons. The zero-order valence-electron chi connectivity index (χ0n) is 10.8. The molecule has 1 saturated carbocycles. The van der Waals surface area contributed by atoms with E-state index < -0.39 is 0 Å². The highest BCUT2D eigenvalue weighted by atomic mass is 79.9. The molecule has 2 rings (SSSR count). The van der Waals surface area contributed by atoms with Crippen molar-refractivity contribution in [3.8, 4) is 0 Å². The number of aryl methyl sites for hydroxylation is 1. The zero-order valence-corrected chi connectivity index (χ0v) is 13.2. The standard InChI is InChI=1S/C14H22BrNS/c1-3-7-16-13(8-11-5-4-6-11)12-9-14(15)17-10(12)2/h9,11,13,16H,3-8H2,1-2H3. The van der Waals surface area contributed by atoms with Crippen molar-refractivity contribution in [3.05, 3.63) is 20.3 Å². The molecule has 0 amide bonds. The van der Waals surface area contributed by atoms with E-state index >= 15 is 0 Å². The number of hydrogen-bond donors (Lipinski definition) is 1. The highest BCUT2D eigenvalue weighted by Crippen LogP contribution is 2.38. The number of halogens is 1. The van der Waals surface area contributed by atoms with Crippen LogP contribution in [0, 0.1) is 12.8 Å². The van der Waals surface area contributed by atoms with E-state index in [4.69, 9.17) is 0 Å². The highest BCUT2D eigenvalue weighted by molar-refractivity contribution is 9.11. The fourth-order valence-electron chi connectivity index (χ4n) is 2.51. The number of rotatable bonds is 6. The summed E-state index contributed by atoms with van der Waals surface area (Å²) >= 11 is 5.47. The summed E-state index contributed by atoms with van der Waals surface area (Å²) in [6, 6.07) is 2.88. The first kappa shape index (κ1) is 13.6. The van der Waals surface area contributed by atoms with Crippen molar-refractivity contribution in [2.75, 3.05) is 6.54 Å². The van der Waals surface area contributed by atoms with Crippen molar-refractivity contribution in [2.45, 2.75) is 52.0 Å². The molecule has 1 unspecified atom stereocenters. The lowest BCUT2D eigenvalue weighted by Crippen LogP contribution is -2.26. The van der Waals surface area contributed by atoms with Gasteiger partial charge in [-0.15, -0.1) is 11.3 Å². The third-order valence-electron chi connectivity index (χ3n) is 3.74. The lowest BCUT2D eigenvalue weighted by Gasteiger charge is -2.30. The van der Waals surface area contributed by atoms with Crippen LogP contribution in [0.2, 0.25) is 0 Å². The van der Waals surface area contributed by atoms with Crippen LogP contribution < -0.4 is 5.32 Å². The molecule has 0 radical (unpaired) electrons. The molecule has 0 saturated heterocycles. The molecule has 1 fully saturated rings. The fraction of sp³-hybridized carbons (Fsp3) is 0.714. The molecular weight excluding hydrogens is 294 g/mol. The Balaban J connectivity index is 2.04. The summed E-state index contributed by atoms with van der Waals surface area (Å²) < 4.78 is 1.27. The molecule has 1 nitrogen and oxygen atoms in total.